The molecule has 0 aromatic rings. The first-order valence-corrected chi connectivity index (χ1v) is 4.36. The van der Waals surface area contributed by atoms with Crippen LogP contribution in [0.3, 0.4) is 0 Å². The van der Waals surface area contributed by atoms with E-state index in [2.05, 4.69) is 10.0 Å². The molecule has 80 valence electrons. The molecule has 1 saturated heterocycles. The topological polar surface area (TPSA) is 119 Å². The molecule has 5 atom stereocenters. The predicted molar refractivity (Wildman–Crippen MR) is 46.5 cm³/mol. The van der Waals surface area contributed by atoms with E-state index < -0.39 is 36.5 Å². The van der Waals surface area contributed by atoms with Gasteiger partial charge in [-0.25, -0.2) is 0 Å². The smallest absolute Gasteiger partial charge is 0.165 e. The van der Waals surface area contributed by atoms with E-state index in [-0.39, 0.29) is 0 Å². The molecule has 0 saturated carbocycles. The Bertz CT molecular complexity index is 247. The first-order valence-electron chi connectivity index (χ1n) is 3.92. The van der Waals surface area contributed by atoms with Crippen molar-refractivity contribution < 1.29 is 20.1 Å². The van der Waals surface area contributed by atoms with Crippen LogP contribution in [0.1, 0.15) is 0 Å². The highest BCUT2D eigenvalue weighted by Crippen LogP contribution is 2.26. The molecule has 0 aliphatic carbocycles. The monoisotopic (exact) mass is 223 g/mol. The van der Waals surface area contributed by atoms with Gasteiger partial charge in [0.05, 0.1) is 18.1 Å². The van der Waals surface area contributed by atoms with Crippen LogP contribution in [0, 0.1) is 0 Å². The molecule has 3 N–H and O–H groups in total. The number of aliphatic hydroxyl groups excluding tert-OH is 3. The summed E-state index contributed by atoms with van der Waals surface area (Å²) in [6.45, 7) is -0.468. The van der Waals surface area contributed by atoms with E-state index in [4.69, 9.17) is 27.0 Å². The van der Waals surface area contributed by atoms with Crippen LogP contribution in [0.25, 0.3) is 10.4 Å². The zero-order chi connectivity index (χ0) is 10.7. The van der Waals surface area contributed by atoms with Gasteiger partial charge < -0.3 is 20.1 Å². The lowest BCUT2D eigenvalue weighted by Gasteiger charge is -2.37. The molecule has 1 fully saturated rings. The minimum atomic E-state index is -1.41. The fraction of sp³-hybridized carbons (Fsp3) is 1.00. The van der Waals surface area contributed by atoms with Gasteiger partial charge in [-0.2, -0.15) is 0 Å². The van der Waals surface area contributed by atoms with Crippen LogP contribution in [0.15, 0.2) is 5.11 Å². The number of ether oxygens (including phenoxy) is 1. The Morgan fingerprint density at radius 2 is 2.14 bits per heavy atom. The van der Waals surface area contributed by atoms with Crippen molar-refractivity contribution in [1.29, 1.82) is 0 Å². The fourth-order valence-electron chi connectivity index (χ4n) is 1.24. The minimum Gasteiger partial charge on any atom is -0.394 e. The summed E-state index contributed by atoms with van der Waals surface area (Å²) in [6, 6.07) is -1.06. The van der Waals surface area contributed by atoms with Crippen molar-refractivity contribution >= 4 is 11.6 Å². The van der Waals surface area contributed by atoms with Gasteiger partial charge in [-0.05, 0) is 5.53 Å². The van der Waals surface area contributed by atoms with Crippen molar-refractivity contribution in [3.8, 4) is 0 Å². The Kier molecular flexibility index (Phi) is 3.94. The predicted octanol–water partition coefficient (Wildman–Crippen LogP) is -0.657. The molecule has 1 aliphatic rings. The lowest BCUT2D eigenvalue weighted by molar-refractivity contribution is -0.213. The van der Waals surface area contributed by atoms with E-state index in [1.165, 1.54) is 0 Å². The first-order chi connectivity index (χ1) is 6.61. The molecule has 7 nitrogen and oxygen atoms in total. The lowest BCUT2D eigenvalue weighted by atomic mass is 10.0. The quantitative estimate of drug-likeness (QED) is 0.249. The molecule has 0 spiro atoms. The molecule has 0 bridgehead atoms. The highest BCUT2D eigenvalue weighted by Gasteiger charge is 2.42. The van der Waals surface area contributed by atoms with Crippen molar-refractivity contribution in [3.05, 3.63) is 10.4 Å². The molecule has 8 heteroatoms. The summed E-state index contributed by atoms with van der Waals surface area (Å²) in [5.74, 6) is 0. The molecule has 0 aromatic heterocycles. The van der Waals surface area contributed by atoms with Gasteiger partial charge in [-0.3, -0.25) is 0 Å². The molecule has 1 rings (SSSR count). The summed E-state index contributed by atoms with van der Waals surface area (Å²) in [5.41, 5.74) is 8.17. The molecule has 0 aromatic carbocycles. The Balaban J connectivity index is 2.78. The van der Waals surface area contributed by atoms with Gasteiger partial charge >= 0.3 is 0 Å². The number of rotatable bonds is 2. The van der Waals surface area contributed by atoms with E-state index in [1.807, 2.05) is 0 Å². The van der Waals surface area contributed by atoms with Gasteiger partial charge in [0.2, 0.25) is 0 Å². The normalized spacial score (nSPS) is 43.0. The maximum Gasteiger partial charge on any atom is 0.165 e. The summed E-state index contributed by atoms with van der Waals surface area (Å²) >= 11 is 5.71. The average molecular weight is 224 g/mol. The lowest BCUT2D eigenvalue weighted by Crippen LogP contribution is -2.55. The van der Waals surface area contributed by atoms with Crippen LogP contribution in [-0.2, 0) is 4.74 Å². The SMILES string of the molecule is [N-]=[N+]=N[C@@H]1C(O)O[C@H](CO)[C@@H](O)[C@@H]1Cl. The van der Waals surface area contributed by atoms with Gasteiger partial charge in [0.15, 0.2) is 6.29 Å². The molecule has 1 unspecified atom stereocenters. The van der Waals surface area contributed by atoms with E-state index in [0.29, 0.717) is 0 Å². The Hall–Kier alpha value is -0.560. The summed E-state index contributed by atoms with van der Waals surface area (Å²) in [4.78, 5) is 2.47. The third kappa shape index (κ3) is 2.09. The van der Waals surface area contributed by atoms with Crippen molar-refractivity contribution in [1.82, 2.24) is 0 Å². The van der Waals surface area contributed by atoms with Crippen molar-refractivity contribution in [3.63, 3.8) is 0 Å². The van der Waals surface area contributed by atoms with Crippen LogP contribution in [0.2, 0.25) is 0 Å². The van der Waals surface area contributed by atoms with Crippen molar-refractivity contribution in [2.24, 2.45) is 5.11 Å². The van der Waals surface area contributed by atoms with E-state index in [9.17, 15) is 10.2 Å². The Morgan fingerprint density at radius 3 is 2.64 bits per heavy atom. The van der Waals surface area contributed by atoms with Crippen molar-refractivity contribution in [2.45, 2.75) is 29.9 Å². The van der Waals surface area contributed by atoms with Crippen LogP contribution >= 0.6 is 11.6 Å². The zero-order valence-corrected chi connectivity index (χ0v) is 7.82. The Labute approximate surface area is 84.5 Å². The summed E-state index contributed by atoms with van der Waals surface area (Å²) < 4.78 is 4.79. The molecule has 0 radical (unpaired) electrons. The van der Waals surface area contributed by atoms with Gasteiger partial charge in [0, 0.05) is 4.91 Å². The molecular formula is C6H10ClN3O4. The van der Waals surface area contributed by atoms with Gasteiger partial charge in [0.1, 0.15) is 12.1 Å². The number of halogens is 1. The highest BCUT2D eigenvalue weighted by molar-refractivity contribution is 6.21. The average Bonchev–Trinajstić information content (AvgIpc) is 2.18. The second-order valence-corrected chi connectivity index (χ2v) is 3.38. The van der Waals surface area contributed by atoms with Crippen LogP contribution < -0.4 is 0 Å². The molecule has 0 amide bonds. The Morgan fingerprint density at radius 1 is 1.50 bits per heavy atom. The largest absolute Gasteiger partial charge is 0.394 e. The van der Waals surface area contributed by atoms with Crippen LogP contribution in [0.4, 0.5) is 0 Å². The number of aliphatic hydroxyl groups is 3. The summed E-state index contributed by atoms with van der Waals surface area (Å²) in [5, 5.41) is 29.7. The number of alkyl halides is 1. The third-order valence-corrected chi connectivity index (χ3v) is 2.52. The van der Waals surface area contributed by atoms with Gasteiger partial charge in [-0.1, -0.05) is 5.11 Å². The van der Waals surface area contributed by atoms with Gasteiger partial charge in [-0.15, -0.1) is 11.6 Å². The fourth-order valence-corrected chi connectivity index (χ4v) is 1.57. The minimum absolute atomic E-state index is 0.468. The third-order valence-electron chi connectivity index (χ3n) is 2.00. The van der Waals surface area contributed by atoms with E-state index in [0.717, 1.165) is 0 Å². The van der Waals surface area contributed by atoms with E-state index in [1.54, 1.807) is 0 Å². The zero-order valence-electron chi connectivity index (χ0n) is 7.06. The number of hydrogen-bond donors (Lipinski definition) is 3. The molecular weight excluding hydrogens is 214 g/mol. The van der Waals surface area contributed by atoms with Crippen LogP contribution in [-0.4, -0.2) is 51.8 Å². The second-order valence-electron chi connectivity index (χ2n) is 2.88. The maximum atomic E-state index is 9.44. The first kappa shape index (κ1) is 11.5. The van der Waals surface area contributed by atoms with Crippen molar-refractivity contribution in [2.75, 3.05) is 6.61 Å². The maximum absolute atomic E-state index is 9.44. The summed E-state index contributed by atoms with van der Waals surface area (Å²) in [7, 11) is 0. The number of azide groups is 1. The molecule has 14 heavy (non-hydrogen) atoms. The second kappa shape index (κ2) is 4.79. The highest BCUT2D eigenvalue weighted by atomic mass is 35.5. The number of nitrogens with zero attached hydrogens (tertiary/aromatic N) is 3. The standard InChI is InChI=1S/C6H10ClN3O4/c7-3-4(9-10-8)6(13)14-2(1-11)5(3)12/h2-6,11-13H,1H2/t2-,3-,4+,5-,6?/m1/s1. The van der Waals surface area contributed by atoms with Gasteiger partial charge in [0.25, 0.3) is 0 Å². The van der Waals surface area contributed by atoms with Crippen LogP contribution in [0.5, 0.6) is 0 Å². The van der Waals surface area contributed by atoms with E-state index >= 15 is 0 Å². The molecule has 1 heterocycles. The summed E-state index contributed by atoms with van der Waals surface area (Å²) in [6.07, 6.45) is -3.55. The number of hydrogen-bond acceptors (Lipinski definition) is 5. The molecule has 1 aliphatic heterocycles.